The number of ether oxygens (including phenoxy) is 1. The molecule has 1 saturated carbocycles. The summed E-state index contributed by atoms with van der Waals surface area (Å²) in [6.07, 6.45) is 6.17. The van der Waals surface area contributed by atoms with Gasteiger partial charge in [0.15, 0.2) is 0 Å². The fourth-order valence-corrected chi connectivity index (χ4v) is 1.72. The van der Waals surface area contributed by atoms with Crippen LogP contribution in [0.4, 0.5) is 4.79 Å². The van der Waals surface area contributed by atoms with Gasteiger partial charge in [-0.2, -0.15) is 0 Å². The summed E-state index contributed by atoms with van der Waals surface area (Å²) in [4.78, 5) is 10.1. The molecule has 1 fully saturated rings. The van der Waals surface area contributed by atoms with Crippen molar-refractivity contribution in [3.05, 3.63) is 0 Å². The van der Waals surface area contributed by atoms with E-state index in [9.17, 15) is 4.79 Å². The molecule has 0 unspecified atom stereocenters. The van der Waals surface area contributed by atoms with Crippen LogP contribution in [0.25, 0.3) is 0 Å². The Morgan fingerprint density at radius 3 is 2.33 bits per heavy atom. The lowest BCUT2D eigenvalue weighted by molar-refractivity contribution is 0.0743. The zero-order chi connectivity index (χ0) is 8.81. The van der Waals surface area contributed by atoms with E-state index in [-0.39, 0.29) is 0 Å². The van der Waals surface area contributed by atoms with E-state index in [1.165, 1.54) is 25.7 Å². The van der Waals surface area contributed by atoms with Crippen LogP contribution in [-0.4, -0.2) is 17.9 Å². The molecule has 0 radical (unpaired) electrons. The van der Waals surface area contributed by atoms with Gasteiger partial charge in [-0.3, -0.25) is 0 Å². The molecular weight excluding hydrogens is 156 g/mol. The van der Waals surface area contributed by atoms with Crippen molar-refractivity contribution in [2.45, 2.75) is 38.5 Å². The lowest BCUT2D eigenvalue weighted by atomic mass is 10.0. The summed E-state index contributed by atoms with van der Waals surface area (Å²) < 4.78 is 4.55. The molecule has 0 bridgehead atoms. The van der Waals surface area contributed by atoms with Gasteiger partial charge in [0, 0.05) is 0 Å². The van der Waals surface area contributed by atoms with Crippen LogP contribution in [0.2, 0.25) is 0 Å². The number of hydrogen-bond acceptors (Lipinski definition) is 2. The highest BCUT2D eigenvalue weighted by Crippen LogP contribution is 2.22. The molecule has 3 heteroatoms. The quantitative estimate of drug-likeness (QED) is 0.514. The highest BCUT2D eigenvalue weighted by molar-refractivity contribution is 5.56. The van der Waals surface area contributed by atoms with Gasteiger partial charge in [-0.1, -0.05) is 25.7 Å². The summed E-state index contributed by atoms with van der Waals surface area (Å²) in [5.41, 5.74) is 0. The minimum atomic E-state index is -1.14. The van der Waals surface area contributed by atoms with E-state index in [0.29, 0.717) is 12.5 Å². The Morgan fingerprint density at radius 1 is 1.25 bits per heavy atom. The molecule has 0 amide bonds. The molecule has 1 aliphatic rings. The Labute approximate surface area is 72.7 Å². The van der Waals surface area contributed by atoms with Crippen molar-refractivity contribution in [2.75, 3.05) is 6.61 Å². The fraction of sp³-hybridized carbons (Fsp3) is 0.889. The average molecular weight is 172 g/mol. The van der Waals surface area contributed by atoms with Gasteiger partial charge in [-0.25, -0.2) is 4.79 Å². The zero-order valence-corrected chi connectivity index (χ0v) is 7.29. The third-order valence-corrected chi connectivity index (χ3v) is 2.42. The van der Waals surface area contributed by atoms with Gasteiger partial charge in [-0.15, -0.1) is 0 Å². The number of carboxylic acid groups (broad SMARTS) is 1. The van der Waals surface area contributed by atoms with Crippen LogP contribution in [0.3, 0.4) is 0 Å². The first-order chi connectivity index (χ1) is 5.79. The van der Waals surface area contributed by atoms with Crippen molar-refractivity contribution < 1.29 is 14.6 Å². The highest BCUT2D eigenvalue weighted by Gasteiger charge is 2.13. The second-order valence-corrected chi connectivity index (χ2v) is 3.43. The standard InChI is InChI=1S/C9H16O3/c10-9(11)12-7-8-5-3-1-2-4-6-8/h8H,1-7H2,(H,10,11). The van der Waals surface area contributed by atoms with Crippen molar-refractivity contribution >= 4 is 6.16 Å². The molecule has 0 saturated heterocycles. The third-order valence-electron chi connectivity index (χ3n) is 2.42. The molecule has 1 rings (SSSR count). The second-order valence-electron chi connectivity index (χ2n) is 3.43. The number of rotatable bonds is 2. The van der Waals surface area contributed by atoms with Gasteiger partial charge in [-0.05, 0) is 18.8 Å². The van der Waals surface area contributed by atoms with Crippen LogP contribution < -0.4 is 0 Å². The summed E-state index contributed by atoms with van der Waals surface area (Å²) in [5, 5.41) is 8.29. The van der Waals surface area contributed by atoms with E-state index in [2.05, 4.69) is 4.74 Å². The number of hydrogen-bond donors (Lipinski definition) is 1. The Hall–Kier alpha value is -0.730. The molecule has 0 atom stereocenters. The molecule has 0 aromatic rings. The lowest BCUT2D eigenvalue weighted by Gasteiger charge is -2.11. The van der Waals surface area contributed by atoms with Crippen LogP contribution in [0.1, 0.15) is 38.5 Å². The van der Waals surface area contributed by atoms with Crippen molar-refractivity contribution in [1.29, 1.82) is 0 Å². The Morgan fingerprint density at radius 2 is 1.83 bits per heavy atom. The summed E-state index contributed by atoms with van der Waals surface area (Å²) in [7, 11) is 0. The second kappa shape index (κ2) is 5.01. The van der Waals surface area contributed by atoms with E-state index in [4.69, 9.17) is 5.11 Å². The minimum Gasteiger partial charge on any atom is -0.450 e. The first-order valence-electron chi connectivity index (χ1n) is 4.65. The van der Waals surface area contributed by atoms with Crippen LogP contribution in [-0.2, 0) is 4.74 Å². The summed E-state index contributed by atoms with van der Waals surface area (Å²) in [6.45, 7) is 0.398. The smallest absolute Gasteiger partial charge is 0.450 e. The Bertz CT molecular complexity index is 137. The molecule has 0 aromatic carbocycles. The molecule has 0 spiro atoms. The van der Waals surface area contributed by atoms with Gasteiger partial charge in [0.05, 0.1) is 6.61 Å². The topological polar surface area (TPSA) is 46.5 Å². The van der Waals surface area contributed by atoms with Gasteiger partial charge in [0.1, 0.15) is 0 Å². The lowest BCUT2D eigenvalue weighted by Crippen LogP contribution is -2.11. The summed E-state index contributed by atoms with van der Waals surface area (Å²) >= 11 is 0. The number of carbonyl (C=O) groups is 1. The van der Waals surface area contributed by atoms with Crippen LogP contribution in [0.15, 0.2) is 0 Å². The molecule has 0 aliphatic heterocycles. The van der Waals surface area contributed by atoms with Crippen LogP contribution in [0, 0.1) is 5.92 Å². The maximum atomic E-state index is 10.1. The highest BCUT2D eigenvalue weighted by atomic mass is 16.7. The van der Waals surface area contributed by atoms with E-state index >= 15 is 0 Å². The predicted octanol–water partition coefficient (Wildman–Crippen LogP) is 2.65. The first kappa shape index (κ1) is 9.36. The van der Waals surface area contributed by atoms with Gasteiger partial charge in [0.2, 0.25) is 0 Å². The predicted molar refractivity (Wildman–Crippen MR) is 45.2 cm³/mol. The molecular formula is C9H16O3. The van der Waals surface area contributed by atoms with Crippen molar-refractivity contribution in [3.63, 3.8) is 0 Å². The zero-order valence-electron chi connectivity index (χ0n) is 7.29. The normalized spacial score (nSPS) is 20.0. The third kappa shape index (κ3) is 3.60. The van der Waals surface area contributed by atoms with E-state index in [0.717, 1.165) is 12.8 Å². The minimum absolute atomic E-state index is 0.398. The van der Waals surface area contributed by atoms with Crippen LogP contribution >= 0.6 is 0 Å². The van der Waals surface area contributed by atoms with Gasteiger partial charge in [0.25, 0.3) is 0 Å². The first-order valence-corrected chi connectivity index (χ1v) is 4.65. The average Bonchev–Trinajstić information content (AvgIpc) is 2.28. The van der Waals surface area contributed by atoms with Crippen LogP contribution in [0.5, 0.6) is 0 Å². The molecule has 1 N–H and O–H groups in total. The molecule has 1 aliphatic carbocycles. The fourth-order valence-electron chi connectivity index (χ4n) is 1.72. The van der Waals surface area contributed by atoms with Gasteiger partial charge < -0.3 is 9.84 Å². The summed E-state index contributed by atoms with van der Waals surface area (Å²) in [6, 6.07) is 0. The Kier molecular flexibility index (Phi) is 3.91. The molecule has 70 valence electrons. The molecule has 0 heterocycles. The van der Waals surface area contributed by atoms with E-state index in [1.54, 1.807) is 0 Å². The monoisotopic (exact) mass is 172 g/mol. The van der Waals surface area contributed by atoms with Crippen molar-refractivity contribution in [2.24, 2.45) is 5.92 Å². The largest absolute Gasteiger partial charge is 0.505 e. The molecule has 3 nitrogen and oxygen atoms in total. The molecule has 0 aromatic heterocycles. The van der Waals surface area contributed by atoms with E-state index in [1.807, 2.05) is 0 Å². The Balaban J connectivity index is 2.16. The van der Waals surface area contributed by atoms with Crippen molar-refractivity contribution in [1.82, 2.24) is 0 Å². The molecule has 12 heavy (non-hydrogen) atoms. The SMILES string of the molecule is O=C(O)OCC1CCCCCC1. The maximum absolute atomic E-state index is 10.1. The maximum Gasteiger partial charge on any atom is 0.505 e. The van der Waals surface area contributed by atoms with Gasteiger partial charge >= 0.3 is 6.16 Å². The van der Waals surface area contributed by atoms with Crippen molar-refractivity contribution in [3.8, 4) is 0 Å². The summed E-state index contributed by atoms with van der Waals surface area (Å²) in [5.74, 6) is 0.476. The van der Waals surface area contributed by atoms with E-state index < -0.39 is 6.16 Å².